The monoisotopic (exact) mass is 543 g/mol. The molecule has 1 unspecified atom stereocenters. The molecule has 0 saturated carbocycles. The van der Waals surface area contributed by atoms with Gasteiger partial charge in [0.05, 0.1) is 13.2 Å². The van der Waals surface area contributed by atoms with Crippen LogP contribution in [0.3, 0.4) is 0 Å². The lowest BCUT2D eigenvalue weighted by Crippen LogP contribution is -2.57. The maximum Gasteiger partial charge on any atom is 0.410 e. The molecule has 2 N–H and O–H groups in total. The summed E-state index contributed by atoms with van der Waals surface area (Å²) < 4.78 is 16.8. The lowest BCUT2D eigenvalue weighted by atomic mass is 9.85. The summed E-state index contributed by atoms with van der Waals surface area (Å²) in [6, 6.07) is 3.49. The van der Waals surface area contributed by atoms with Gasteiger partial charge in [0.1, 0.15) is 30.5 Å². The molecule has 3 amide bonds. The molecule has 0 radical (unpaired) electrons. The molecule has 3 atom stereocenters. The maximum atomic E-state index is 13.6. The van der Waals surface area contributed by atoms with E-state index in [2.05, 4.69) is 5.32 Å². The van der Waals surface area contributed by atoms with Crippen molar-refractivity contribution >= 4 is 24.1 Å². The van der Waals surface area contributed by atoms with Gasteiger partial charge in [0.25, 0.3) is 0 Å². The predicted molar refractivity (Wildman–Crippen MR) is 140 cm³/mol. The molecular weight excluding hydrogens is 506 g/mol. The van der Waals surface area contributed by atoms with Crippen molar-refractivity contribution in [2.24, 2.45) is 5.41 Å². The minimum absolute atomic E-state index is 0.0413. The van der Waals surface area contributed by atoms with Crippen LogP contribution >= 0.6 is 0 Å². The summed E-state index contributed by atoms with van der Waals surface area (Å²) in [6.45, 7) is 6.55. The quantitative estimate of drug-likeness (QED) is 0.515. The molecule has 1 aromatic rings. The Hall–Kier alpha value is -3.76. The van der Waals surface area contributed by atoms with Crippen LogP contribution in [0.5, 0.6) is 5.75 Å². The third-order valence-electron chi connectivity index (χ3n) is 7.14. The van der Waals surface area contributed by atoms with E-state index in [-0.39, 0.29) is 19.6 Å². The van der Waals surface area contributed by atoms with Crippen molar-refractivity contribution in [3.05, 3.63) is 41.5 Å². The molecule has 0 aromatic heterocycles. The van der Waals surface area contributed by atoms with E-state index in [0.717, 1.165) is 24.0 Å². The van der Waals surface area contributed by atoms with E-state index in [1.165, 1.54) is 4.90 Å². The van der Waals surface area contributed by atoms with Crippen molar-refractivity contribution in [1.82, 2.24) is 15.1 Å². The molecule has 0 aliphatic carbocycles. The van der Waals surface area contributed by atoms with Crippen LogP contribution in [-0.4, -0.2) is 76.9 Å². The number of nitrogens with one attached hydrogen (secondary N) is 1. The van der Waals surface area contributed by atoms with E-state index in [9.17, 15) is 24.3 Å². The van der Waals surface area contributed by atoms with Gasteiger partial charge in [0, 0.05) is 19.5 Å². The zero-order chi connectivity index (χ0) is 28.2. The Morgan fingerprint density at radius 3 is 2.56 bits per heavy atom. The highest BCUT2D eigenvalue weighted by Gasteiger charge is 2.46. The van der Waals surface area contributed by atoms with Crippen LogP contribution in [0.1, 0.15) is 57.6 Å². The number of rotatable bonds is 1. The molecule has 5 bridgehead atoms. The molecule has 11 nitrogen and oxygen atoms in total. The number of fused-ring (bicyclic) bond motifs is 4. The number of benzene rings is 1. The van der Waals surface area contributed by atoms with Crippen molar-refractivity contribution < 1.29 is 38.5 Å². The van der Waals surface area contributed by atoms with Gasteiger partial charge < -0.3 is 29.5 Å². The summed E-state index contributed by atoms with van der Waals surface area (Å²) in [6.07, 6.45) is 4.04. The highest BCUT2D eigenvalue weighted by atomic mass is 16.6. The van der Waals surface area contributed by atoms with Gasteiger partial charge >= 0.3 is 18.2 Å². The molecule has 3 heterocycles. The third kappa shape index (κ3) is 7.01. The summed E-state index contributed by atoms with van der Waals surface area (Å²) in [5, 5.41) is 12.5. The first kappa shape index (κ1) is 28.3. The second-order valence-electron chi connectivity index (χ2n) is 11.2. The number of hydrogen-bond donors (Lipinski definition) is 2. The summed E-state index contributed by atoms with van der Waals surface area (Å²) >= 11 is 0. The van der Waals surface area contributed by atoms with Crippen LogP contribution in [0.2, 0.25) is 0 Å². The average Bonchev–Trinajstić information content (AvgIpc) is 3.49. The fraction of sp³-hybridized carbons (Fsp3) is 0.571. The van der Waals surface area contributed by atoms with E-state index < -0.39 is 47.7 Å². The Labute approximate surface area is 228 Å². The normalized spacial score (nSPS) is 25.9. The number of hydrogen-bond acceptors (Lipinski definition) is 7. The zero-order valence-corrected chi connectivity index (χ0v) is 22.7. The number of nitrogens with zero attached hydrogens (tertiary/aromatic N) is 2. The maximum absolute atomic E-state index is 13.6. The Bertz CT molecular complexity index is 1130. The summed E-state index contributed by atoms with van der Waals surface area (Å²) in [5.41, 5.74) is 1.22. The third-order valence-corrected chi connectivity index (χ3v) is 7.14. The Morgan fingerprint density at radius 1 is 1.05 bits per heavy atom. The minimum Gasteiger partial charge on any atom is -0.490 e. The van der Waals surface area contributed by atoms with Gasteiger partial charge in [-0.25, -0.2) is 14.4 Å². The first-order chi connectivity index (χ1) is 18.5. The van der Waals surface area contributed by atoms with E-state index >= 15 is 0 Å². The molecule has 4 rings (SSSR count). The zero-order valence-electron chi connectivity index (χ0n) is 22.7. The number of ether oxygens (including phenoxy) is 3. The van der Waals surface area contributed by atoms with Crippen molar-refractivity contribution in [3.63, 3.8) is 0 Å². The molecule has 11 heteroatoms. The molecule has 1 saturated heterocycles. The summed E-state index contributed by atoms with van der Waals surface area (Å²) in [7, 11) is 0. The van der Waals surface area contributed by atoms with Crippen molar-refractivity contribution in [2.75, 3.05) is 19.8 Å². The van der Waals surface area contributed by atoms with Crippen molar-refractivity contribution in [3.8, 4) is 5.75 Å². The molecule has 1 fully saturated rings. The van der Waals surface area contributed by atoms with Crippen LogP contribution in [0.15, 0.2) is 30.4 Å². The predicted octanol–water partition coefficient (Wildman–Crippen LogP) is 3.45. The van der Waals surface area contributed by atoms with Crippen molar-refractivity contribution in [2.45, 2.75) is 77.7 Å². The fourth-order valence-electron chi connectivity index (χ4n) is 5.00. The number of allylic oxidation sites excluding steroid dienone is 1. The first-order valence-corrected chi connectivity index (χ1v) is 13.3. The molecule has 39 heavy (non-hydrogen) atoms. The molecule has 0 spiro atoms. The minimum atomic E-state index is -1.20. The van der Waals surface area contributed by atoms with E-state index in [4.69, 9.17) is 14.2 Å². The number of alkyl carbamates (subject to hydrolysis) is 1. The van der Waals surface area contributed by atoms with Gasteiger partial charge in [-0.1, -0.05) is 39.0 Å². The largest absolute Gasteiger partial charge is 0.490 e. The number of amides is 3. The lowest BCUT2D eigenvalue weighted by molar-refractivity contribution is -0.150. The van der Waals surface area contributed by atoms with Gasteiger partial charge in [-0.3, -0.25) is 9.69 Å². The standard InChI is InChI=1S/C28H37N3O8/c1-28(2,3)23-24(32)31-17-21(14-22(31)25(33)34)39-27(36)30-15-18-9-10-20(13-19(18)16-30)37-11-7-5-4-6-8-12-38-26(35)29-23/h5,7,9-10,13,21-23H,4,6,8,11-12,14-17H2,1-3H3,(H,29,35)(H,33,34)/b7-5+/t21-,22?,23-/m1/s1. The smallest absolute Gasteiger partial charge is 0.410 e. The SMILES string of the molecule is CC(C)(C)[C@@H]1NC(=O)OCCCC/C=C/COc2ccc3c(c2)CN(C3)C(=O)O[C@@H]2CC(C(=O)O)N(C2)C1=O. The van der Waals surface area contributed by atoms with Gasteiger partial charge in [0.2, 0.25) is 5.91 Å². The van der Waals surface area contributed by atoms with Crippen LogP contribution in [-0.2, 0) is 32.2 Å². The highest BCUT2D eigenvalue weighted by molar-refractivity contribution is 5.90. The molecule has 3 aliphatic heterocycles. The van der Waals surface area contributed by atoms with E-state index in [0.29, 0.717) is 31.9 Å². The van der Waals surface area contributed by atoms with Gasteiger partial charge in [-0.2, -0.15) is 0 Å². The van der Waals surface area contributed by atoms with Crippen LogP contribution in [0.4, 0.5) is 9.59 Å². The van der Waals surface area contributed by atoms with Gasteiger partial charge in [-0.15, -0.1) is 0 Å². The topological polar surface area (TPSA) is 135 Å². The average molecular weight is 544 g/mol. The molecular formula is C28H37N3O8. The number of carbonyl (C=O) groups is 4. The van der Waals surface area contributed by atoms with E-state index in [1.807, 2.05) is 30.4 Å². The van der Waals surface area contributed by atoms with Crippen LogP contribution in [0, 0.1) is 5.41 Å². The number of aliphatic carboxylic acids is 1. The molecule has 3 aliphatic rings. The second kappa shape index (κ2) is 12.0. The lowest BCUT2D eigenvalue weighted by Gasteiger charge is -2.34. The van der Waals surface area contributed by atoms with E-state index in [1.54, 1.807) is 25.7 Å². The highest BCUT2D eigenvalue weighted by Crippen LogP contribution is 2.30. The number of carboxylic acid groups (broad SMARTS) is 1. The number of cyclic esters (lactones) is 1. The Morgan fingerprint density at radius 2 is 1.82 bits per heavy atom. The summed E-state index contributed by atoms with van der Waals surface area (Å²) in [4.78, 5) is 53.9. The first-order valence-electron chi connectivity index (χ1n) is 13.3. The fourth-order valence-corrected chi connectivity index (χ4v) is 5.00. The molecule has 1 aromatic carbocycles. The second-order valence-corrected chi connectivity index (χ2v) is 11.2. The Kier molecular flexibility index (Phi) is 8.66. The van der Waals surface area contributed by atoms with Gasteiger partial charge in [0.15, 0.2) is 0 Å². The Balaban J connectivity index is 1.54. The number of carbonyl (C=O) groups excluding carboxylic acids is 3. The number of carboxylic acids is 1. The summed E-state index contributed by atoms with van der Waals surface area (Å²) in [5.74, 6) is -1.06. The van der Waals surface area contributed by atoms with Gasteiger partial charge in [-0.05, 0) is 47.9 Å². The van der Waals surface area contributed by atoms with Crippen molar-refractivity contribution in [1.29, 1.82) is 0 Å². The molecule has 212 valence electrons. The van der Waals surface area contributed by atoms with Crippen LogP contribution < -0.4 is 10.1 Å². The van der Waals surface area contributed by atoms with Crippen LogP contribution in [0.25, 0.3) is 0 Å².